The van der Waals surface area contributed by atoms with Gasteiger partial charge in [-0.3, -0.25) is 4.90 Å². The SMILES string of the molecule is O=S(=O)(c1ccc(F)cc1F)N1CCN(Cc2cc3ccccn3n2)CC1. The van der Waals surface area contributed by atoms with Crippen molar-refractivity contribution in [1.82, 2.24) is 18.8 Å². The maximum Gasteiger partial charge on any atom is 0.246 e. The van der Waals surface area contributed by atoms with Crippen LogP contribution in [0.4, 0.5) is 8.78 Å². The Kier molecular flexibility index (Phi) is 4.67. The molecule has 0 atom stereocenters. The minimum absolute atomic E-state index is 0.243. The number of piperazine rings is 1. The second kappa shape index (κ2) is 6.99. The maximum atomic E-state index is 13.9. The van der Waals surface area contributed by atoms with Crippen molar-refractivity contribution in [2.75, 3.05) is 26.2 Å². The van der Waals surface area contributed by atoms with Crippen LogP contribution in [0.15, 0.2) is 53.6 Å². The lowest BCUT2D eigenvalue weighted by molar-refractivity contribution is 0.179. The van der Waals surface area contributed by atoms with Gasteiger partial charge in [0.1, 0.15) is 16.5 Å². The van der Waals surface area contributed by atoms with Crippen molar-refractivity contribution in [2.45, 2.75) is 11.4 Å². The average molecular weight is 392 g/mol. The Labute approximate surface area is 155 Å². The summed E-state index contributed by atoms with van der Waals surface area (Å²) < 4.78 is 55.3. The maximum absolute atomic E-state index is 13.9. The Morgan fingerprint density at radius 1 is 1.00 bits per heavy atom. The normalized spacial score (nSPS) is 16.8. The van der Waals surface area contributed by atoms with E-state index >= 15 is 0 Å². The lowest BCUT2D eigenvalue weighted by Gasteiger charge is -2.33. The van der Waals surface area contributed by atoms with Crippen LogP contribution in [0.5, 0.6) is 0 Å². The van der Waals surface area contributed by atoms with Crippen LogP contribution < -0.4 is 0 Å². The quantitative estimate of drug-likeness (QED) is 0.683. The fourth-order valence-corrected chi connectivity index (χ4v) is 4.72. The fourth-order valence-electron chi connectivity index (χ4n) is 3.25. The smallest absolute Gasteiger partial charge is 0.246 e. The van der Waals surface area contributed by atoms with Crippen molar-refractivity contribution < 1.29 is 17.2 Å². The molecule has 6 nitrogen and oxygen atoms in total. The van der Waals surface area contributed by atoms with Crippen molar-refractivity contribution in [1.29, 1.82) is 0 Å². The molecule has 9 heteroatoms. The Hall–Kier alpha value is -2.36. The molecule has 27 heavy (non-hydrogen) atoms. The summed E-state index contributed by atoms with van der Waals surface area (Å²) in [5.74, 6) is -1.87. The van der Waals surface area contributed by atoms with Crippen LogP contribution in [-0.4, -0.2) is 53.4 Å². The first-order chi connectivity index (χ1) is 12.9. The molecule has 0 N–H and O–H groups in total. The molecule has 0 spiro atoms. The second-order valence-electron chi connectivity index (χ2n) is 6.46. The third kappa shape index (κ3) is 3.58. The lowest BCUT2D eigenvalue weighted by Crippen LogP contribution is -2.48. The molecule has 1 aliphatic rings. The summed E-state index contributed by atoms with van der Waals surface area (Å²) in [6.45, 7) is 2.12. The zero-order valence-electron chi connectivity index (χ0n) is 14.4. The molecule has 0 aliphatic carbocycles. The van der Waals surface area contributed by atoms with E-state index in [0.717, 1.165) is 23.3 Å². The minimum Gasteiger partial charge on any atom is -0.295 e. The van der Waals surface area contributed by atoms with Gasteiger partial charge in [0.15, 0.2) is 0 Å². The predicted octanol–water partition coefficient (Wildman–Crippen LogP) is 2.12. The van der Waals surface area contributed by atoms with Crippen LogP contribution in [-0.2, 0) is 16.6 Å². The van der Waals surface area contributed by atoms with Crippen molar-refractivity contribution in [3.05, 3.63) is 66.0 Å². The highest BCUT2D eigenvalue weighted by atomic mass is 32.2. The predicted molar refractivity (Wildman–Crippen MR) is 95.6 cm³/mol. The van der Waals surface area contributed by atoms with E-state index in [2.05, 4.69) is 10.00 Å². The van der Waals surface area contributed by atoms with Crippen molar-refractivity contribution >= 4 is 15.5 Å². The minimum atomic E-state index is -3.98. The first kappa shape index (κ1) is 18.0. The van der Waals surface area contributed by atoms with E-state index in [0.29, 0.717) is 25.7 Å². The zero-order chi connectivity index (χ0) is 19.0. The Balaban J connectivity index is 1.43. The molecular weight excluding hydrogens is 374 g/mol. The Morgan fingerprint density at radius 3 is 2.48 bits per heavy atom. The molecule has 1 fully saturated rings. The van der Waals surface area contributed by atoms with Crippen LogP contribution >= 0.6 is 0 Å². The number of pyridine rings is 1. The molecule has 1 aromatic carbocycles. The lowest BCUT2D eigenvalue weighted by atomic mass is 10.3. The highest BCUT2D eigenvalue weighted by Crippen LogP contribution is 2.22. The van der Waals surface area contributed by atoms with Crippen LogP contribution in [0, 0.1) is 11.6 Å². The van der Waals surface area contributed by atoms with Gasteiger partial charge in [-0.1, -0.05) is 6.07 Å². The van der Waals surface area contributed by atoms with Crippen LogP contribution in [0.1, 0.15) is 5.69 Å². The molecule has 3 aromatic rings. The van der Waals surface area contributed by atoms with E-state index in [-0.39, 0.29) is 13.1 Å². The van der Waals surface area contributed by atoms with Crippen LogP contribution in [0.25, 0.3) is 5.52 Å². The highest BCUT2D eigenvalue weighted by Gasteiger charge is 2.30. The molecular formula is C18H18F2N4O2S. The molecule has 0 bridgehead atoms. The van der Waals surface area contributed by atoms with Crippen molar-refractivity contribution in [2.24, 2.45) is 0 Å². The van der Waals surface area contributed by atoms with Gasteiger partial charge in [0.2, 0.25) is 10.0 Å². The second-order valence-corrected chi connectivity index (χ2v) is 8.37. The van der Waals surface area contributed by atoms with E-state index in [1.807, 2.05) is 30.5 Å². The molecule has 142 valence electrons. The molecule has 4 rings (SSSR count). The van der Waals surface area contributed by atoms with Gasteiger partial charge >= 0.3 is 0 Å². The summed E-state index contributed by atoms with van der Waals surface area (Å²) in [7, 11) is -3.98. The fraction of sp³-hybridized carbons (Fsp3) is 0.278. The number of hydrogen-bond acceptors (Lipinski definition) is 4. The van der Waals surface area contributed by atoms with Gasteiger partial charge in [-0.25, -0.2) is 21.7 Å². The van der Waals surface area contributed by atoms with Gasteiger partial charge in [0, 0.05) is 45.0 Å². The number of halogens is 2. The number of rotatable bonds is 4. The van der Waals surface area contributed by atoms with Crippen molar-refractivity contribution in [3.63, 3.8) is 0 Å². The van der Waals surface area contributed by atoms with Gasteiger partial charge in [-0.15, -0.1) is 0 Å². The molecule has 1 aliphatic heterocycles. The zero-order valence-corrected chi connectivity index (χ0v) is 15.2. The van der Waals surface area contributed by atoms with E-state index in [9.17, 15) is 17.2 Å². The number of aromatic nitrogens is 2. The Bertz CT molecular complexity index is 1040. The summed E-state index contributed by atoms with van der Waals surface area (Å²) in [5, 5.41) is 4.50. The van der Waals surface area contributed by atoms with E-state index < -0.39 is 26.6 Å². The highest BCUT2D eigenvalue weighted by molar-refractivity contribution is 7.89. The first-order valence-electron chi connectivity index (χ1n) is 8.54. The summed E-state index contributed by atoms with van der Waals surface area (Å²) in [6.07, 6.45) is 1.88. The van der Waals surface area contributed by atoms with Gasteiger partial charge < -0.3 is 0 Å². The number of benzene rings is 1. The summed E-state index contributed by atoms with van der Waals surface area (Å²) >= 11 is 0. The summed E-state index contributed by atoms with van der Waals surface area (Å²) in [4.78, 5) is 1.62. The third-order valence-electron chi connectivity index (χ3n) is 4.65. The number of sulfonamides is 1. The molecule has 3 heterocycles. The van der Waals surface area contributed by atoms with E-state index in [1.54, 1.807) is 4.52 Å². The standard InChI is InChI=1S/C18H18F2N4O2S/c19-14-4-5-18(17(20)11-14)27(25,26)23-9-7-22(8-10-23)13-15-12-16-3-1-2-6-24(16)21-15/h1-6,11-12H,7-10,13H2. The van der Waals surface area contributed by atoms with Crippen LogP contribution in [0.2, 0.25) is 0 Å². The number of nitrogens with zero attached hydrogens (tertiary/aromatic N) is 4. The van der Waals surface area contributed by atoms with Gasteiger partial charge in [0.05, 0.1) is 11.2 Å². The van der Waals surface area contributed by atoms with Crippen molar-refractivity contribution in [3.8, 4) is 0 Å². The van der Waals surface area contributed by atoms with Crippen LogP contribution in [0.3, 0.4) is 0 Å². The summed E-state index contributed by atoms with van der Waals surface area (Å²) in [5.41, 5.74) is 1.91. The average Bonchev–Trinajstić information content (AvgIpc) is 3.04. The molecule has 0 unspecified atom stereocenters. The van der Waals surface area contributed by atoms with Gasteiger partial charge in [-0.05, 0) is 30.3 Å². The number of fused-ring (bicyclic) bond motifs is 1. The molecule has 0 radical (unpaired) electrons. The molecule has 0 saturated carbocycles. The third-order valence-corrected chi connectivity index (χ3v) is 6.58. The first-order valence-corrected chi connectivity index (χ1v) is 9.98. The largest absolute Gasteiger partial charge is 0.295 e. The van der Waals surface area contributed by atoms with E-state index in [4.69, 9.17) is 0 Å². The molecule has 2 aromatic heterocycles. The van der Waals surface area contributed by atoms with E-state index in [1.165, 1.54) is 4.31 Å². The van der Waals surface area contributed by atoms with Gasteiger partial charge in [-0.2, -0.15) is 9.40 Å². The molecule has 1 saturated heterocycles. The topological polar surface area (TPSA) is 57.9 Å². The van der Waals surface area contributed by atoms with Gasteiger partial charge in [0.25, 0.3) is 0 Å². The monoisotopic (exact) mass is 392 g/mol. The summed E-state index contributed by atoms with van der Waals surface area (Å²) in [6, 6.07) is 10.3. The number of hydrogen-bond donors (Lipinski definition) is 0. The molecule has 0 amide bonds. The Morgan fingerprint density at radius 2 is 1.78 bits per heavy atom.